The van der Waals surface area contributed by atoms with Crippen LogP contribution < -0.4 is 5.32 Å². The van der Waals surface area contributed by atoms with E-state index in [1.807, 2.05) is 0 Å². The van der Waals surface area contributed by atoms with Gasteiger partial charge in [0, 0.05) is 0 Å². The molecule has 14 heavy (non-hydrogen) atoms. The summed E-state index contributed by atoms with van der Waals surface area (Å²) in [7, 11) is 0. The van der Waals surface area contributed by atoms with Crippen molar-refractivity contribution in [2.24, 2.45) is 17.8 Å². The van der Waals surface area contributed by atoms with Crippen LogP contribution in [0.25, 0.3) is 0 Å². The minimum atomic E-state index is 0.997. The van der Waals surface area contributed by atoms with E-state index in [1.54, 1.807) is 0 Å². The fourth-order valence-electron chi connectivity index (χ4n) is 2.76. The van der Waals surface area contributed by atoms with Crippen LogP contribution in [0.2, 0.25) is 0 Å². The molecule has 0 aromatic heterocycles. The fraction of sp³-hybridized carbons (Fsp3) is 1.00. The molecular weight excluding hydrogens is 170 g/mol. The molecule has 1 heteroatoms. The summed E-state index contributed by atoms with van der Waals surface area (Å²) >= 11 is 0. The highest BCUT2D eigenvalue weighted by atomic mass is 14.9. The van der Waals surface area contributed by atoms with Crippen molar-refractivity contribution < 1.29 is 0 Å². The van der Waals surface area contributed by atoms with Crippen molar-refractivity contribution in [3.63, 3.8) is 0 Å². The van der Waals surface area contributed by atoms with Crippen molar-refractivity contribution in [2.75, 3.05) is 13.1 Å². The molecule has 0 aromatic carbocycles. The largest absolute Gasteiger partial charge is 0.316 e. The molecule has 2 aliphatic carbocycles. The normalized spacial score (nSPS) is 33.2. The first-order chi connectivity index (χ1) is 6.84. The maximum atomic E-state index is 3.61. The lowest BCUT2D eigenvalue weighted by Gasteiger charge is -2.26. The summed E-state index contributed by atoms with van der Waals surface area (Å²) in [5.74, 6) is 3.07. The summed E-state index contributed by atoms with van der Waals surface area (Å²) in [5, 5.41) is 3.61. The fourth-order valence-corrected chi connectivity index (χ4v) is 2.76. The number of hydrogen-bond acceptors (Lipinski definition) is 1. The van der Waals surface area contributed by atoms with Gasteiger partial charge in [-0.2, -0.15) is 0 Å². The van der Waals surface area contributed by atoms with E-state index in [-0.39, 0.29) is 0 Å². The molecule has 0 aliphatic heterocycles. The Morgan fingerprint density at radius 1 is 1.07 bits per heavy atom. The Morgan fingerprint density at radius 2 is 1.93 bits per heavy atom. The van der Waals surface area contributed by atoms with E-state index in [4.69, 9.17) is 0 Å². The minimum absolute atomic E-state index is 0.997. The summed E-state index contributed by atoms with van der Waals surface area (Å²) in [5.41, 5.74) is 0. The number of hydrogen-bond donors (Lipinski definition) is 1. The van der Waals surface area contributed by atoms with Gasteiger partial charge in [0.1, 0.15) is 0 Å². The zero-order valence-corrected chi connectivity index (χ0v) is 9.60. The Kier molecular flexibility index (Phi) is 3.86. The highest BCUT2D eigenvalue weighted by Crippen LogP contribution is 2.30. The second-order valence-electron chi connectivity index (χ2n) is 5.57. The summed E-state index contributed by atoms with van der Waals surface area (Å²) in [6.45, 7) is 4.99. The molecule has 2 saturated carbocycles. The Bertz CT molecular complexity index is 163. The Morgan fingerprint density at radius 3 is 2.64 bits per heavy atom. The average Bonchev–Trinajstić information content (AvgIpc) is 2.96. The van der Waals surface area contributed by atoms with Gasteiger partial charge in [-0.15, -0.1) is 0 Å². The van der Waals surface area contributed by atoms with Gasteiger partial charge >= 0.3 is 0 Å². The summed E-state index contributed by atoms with van der Waals surface area (Å²) in [4.78, 5) is 0. The van der Waals surface area contributed by atoms with Gasteiger partial charge in [-0.05, 0) is 56.5 Å². The highest BCUT2D eigenvalue weighted by Gasteiger charge is 2.21. The maximum Gasteiger partial charge on any atom is -0.00205 e. The number of nitrogens with one attached hydrogen (secondary N) is 1. The molecule has 2 aliphatic rings. The zero-order chi connectivity index (χ0) is 9.80. The van der Waals surface area contributed by atoms with Crippen LogP contribution in [0, 0.1) is 17.8 Å². The lowest BCUT2D eigenvalue weighted by atomic mass is 9.81. The lowest BCUT2D eigenvalue weighted by Crippen LogP contribution is -2.22. The van der Waals surface area contributed by atoms with Crippen LogP contribution in [0.3, 0.4) is 0 Å². The van der Waals surface area contributed by atoms with E-state index in [0.717, 1.165) is 17.8 Å². The molecule has 0 spiro atoms. The van der Waals surface area contributed by atoms with E-state index in [9.17, 15) is 0 Å². The van der Waals surface area contributed by atoms with Crippen molar-refractivity contribution in [2.45, 2.75) is 51.9 Å². The van der Waals surface area contributed by atoms with E-state index < -0.39 is 0 Å². The smallest absolute Gasteiger partial charge is 0.00205 e. The van der Waals surface area contributed by atoms with Gasteiger partial charge < -0.3 is 5.32 Å². The zero-order valence-electron chi connectivity index (χ0n) is 9.60. The van der Waals surface area contributed by atoms with Crippen LogP contribution in [0.4, 0.5) is 0 Å². The molecule has 0 bridgehead atoms. The SMILES string of the molecule is CC1CCCC(CCNCC2CC2)C1. The summed E-state index contributed by atoms with van der Waals surface area (Å²) in [6.07, 6.45) is 10.3. The molecule has 0 aromatic rings. The van der Waals surface area contributed by atoms with Gasteiger partial charge in [0.05, 0.1) is 0 Å². The van der Waals surface area contributed by atoms with Gasteiger partial charge in [0.2, 0.25) is 0 Å². The molecule has 1 N–H and O–H groups in total. The third-order valence-electron chi connectivity index (χ3n) is 3.90. The lowest BCUT2D eigenvalue weighted by molar-refractivity contribution is 0.267. The Labute approximate surface area is 88.7 Å². The van der Waals surface area contributed by atoms with Crippen LogP contribution >= 0.6 is 0 Å². The summed E-state index contributed by atoms with van der Waals surface area (Å²) < 4.78 is 0. The molecule has 2 rings (SSSR count). The van der Waals surface area contributed by atoms with Gasteiger partial charge in [-0.1, -0.05) is 26.2 Å². The van der Waals surface area contributed by atoms with Crippen molar-refractivity contribution in [3.05, 3.63) is 0 Å². The second-order valence-corrected chi connectivity index (χ2v) is 5.57. The first-order valence-corrected chi connectivity index (χ1v) is 6.55. The van der Waals surface area contributed by atoms with E-state index in [1.165, 1.54) is 58.0 Å². The molecule has 0 amide bonds. The van der Waals surface area contributed by atoms with Gasteiger partial charge in [0.25, 0.3) is 0 Å². The van der Waals surface area contributed by atoms with E-state index in [0.29, 0.717) is 0 Å². The monoisotopic (exact) mass is 195 g/mol. The van der Waals surface area contributed by atoms with Gasteiger partial charge in [-0.25, -0.2) is 0 Å². The molecule has 0 heterocycles. The predicted molar refractivity (Wildman–Crippen MR) is 61.3 cm³/mol. The van der Waals surface area contributed by atoms with Gasteiger partial charge in [-0.3, -0.25) is 0 Å². The molecule has 0 radical (unpaired) electrons. The van der Waals surface area contributed by atoms with E-state index >= 15 is 0 Å². The Hall–Kier alpha value is -0.0400. The van der Waals surface area contributed by atoms with Crippen molar-refractivity contribution in [3.8, 4) is 0 Å². The van der Waals surface area contributed by atoms with E-state index in [2.05, 4.69) is 12.2 Å². The first-order valence-electron chi connectivity index (χ1n) is 6.55. The van der Waals surface area contributed by atoms with Crippen LogP contribution in [0.5, 0.6) is 0 Å². The molecule has 2 unspecified atom stereocenters. The molecule has 82 valence electrons. The van der Waals surface area contributed by atoms with Crippen molar-refractivity contribution >= 4 is 0 Å². The van der Waals surface area contributed by atoms with Crippen molar-refractivity contribution in [1.82, 2.24) is 5.32 Å². The standard InChI is InChI=1S/C13H25N/c1-11-3-2-4-12(9-11)7-8-14-10-13-5-6-13/h11-14H,2-10H2,1H3. The maximum absolute atomic E-state index is 3.61. The van der Waals surface area contributed by atoms with Crippen LogP contribution in [-0.2, 0) is 0 Å². The predicted octanol–water partition coefficient (Wildman–Crippen LogP) is 3.20. The second kappa shape index (κ2) is 5.16. The summed E-state index contributed by atoms with van der Waals surface area (Å²) in [6, 6.07) is 0. The molecular formula is C13H25N. The minimum Gasteiger partial charge on any atom is -0.316 e. The third kappa shape index (κ3) is 3.61. The first kappa shape index (κ1) is 10.5. The van der Waals surface area contributed by atoms with Crippen molar-refractivity contribution in [1.29, 1.82) is 0 Å². The van der Waals surface area contributed by atoms with Crippen LogP contribution in [-0.4, -0.2) is 13.1 Å². The Balaban J connectivity index is 1.50. The molecule has 2 atom stereocenters. The van der Waals surface area contributed by atoms with Gasteiger partial charge in [0.15, 0.2) is 0 Å². The molecule has 0 saturated heterocycles. The highest BCUT2D eigenvalue weighted by molar-refractivity contribution is 4.76. The molecule has 2 fully saturated rings. The van der Waals surface area contributed by atoms with Crippen LogP contribution in [0.1, 0.15) is 51.9 Å². The van der Waals surface area contributed by atoms with Crippen LogP contribution in [0.15, 0.2) is 0 Å². The average molecular weight is 195 g/mol. The quantitative estimate of drug-likeness (QED) is 0.664. The topological polar surface area (TPSA) is 12.0 Å². The number of rotatable bonds is 5. The third-order valence-corrected chi connectivity index (χ3v) is 3.90. The molecule has 1 nitrogen and oxygen atoms in total.